The Labute approximate surface area is 217 Å². The number of hydrogen-bond acceptors (Lipinski definition) is 6. The molecular weight excluding hydrogens is 466 g/mol. The summed E-state index contributed by atoms with van der Waals surface area (Å²) in [6.45, 7) is 7.36. The largest absolute Gasteiger partial charge is 0.394 e. The smallest absolute Gasteiger partial charge is 0.248 e. The number of aromatic amines is 1. The molecular formula is C29H35N5O3. The van der Waals surface area contributed by atoms with Crippen LogP contribution >= 0.6 is 0 Å². The van der Waals surface area contributed by atoms with Gasteiger partial charge in [-0.1, -0.05) is 6.07 Å². The van der Waals surface area contributed by atoms with Gasteiger partial charge < -0.3 is 19.7 Å². The van der Waals surface area contributed by atoms with Crippen molar-refractivity contribution in [3.05, 3.63) is 88.6 Å². The highest BCUT2D eigenvalue weighted by Gasteiger charge is 2.28. The molecule has 0 radical (unpaired) electrons. The Morgan fingerprint density at radius 2 is 1.86 bits per heavy atom. The highest BCUT2D eigenvalue weighted by molar-refractivity contribution is 5.84. The highest BCUT2D eigenvalue weighted by Crippen LogP contribution is 2.32. The fourth-order valence-electron chi connectivity index (χ4n) is 5.29. The zero-order chi connectivity index (χ0) is 25.6. The second-order valence-electron chi connectivity index (χ2n) is 9.65. The van der Waals surface area contributed by atoms with E-state index in [1.54, 1.807) is 18.5 Å². The predicted octanol–water partition coefficient (Wildman–Crippen LogP) is 3.50. The van der Waals surface area contributed by atoms with Crippen LogP contribution in [0.2, 0.25) is 0 Å². The summed E-state index contributed by atoms with van der Waals surface area (Å²) in [6, 6.07) is 18.2. The number of aryl methyl sites for hydroxylation is 1. The van der Waals surface area contributed by atoms with E-state index in [-0.39, 0.29) is 18.2 Å². The fourth-order valence-corrected chi connectivity index (χ4v) is 5.29. The minimum Gasteiger partial charge on any atom is -0.394 e. The van der Waals surface area contributed by atoms with Crippen molar-refractivity contribution in [2.24, 2.45) is 0 Å². The second-order valence-corrected chi connectivity index (χ2v) is 9.65. The summed E-state index contributed by atoms with van der Waals surface area (Å²) in [5.41, 5.74) is 4.05. The number of rotatable bonds is 5. The van der Waals surface area contributed by atoms with E-state index in [9.17, 15) is 9.90 Å². The zero-order valence-electron chi connectivity index (χ0n) is 21.3. The first-order valence-corrected chi connectivity index (χ1v) is 13.0. The molecule has 2 N–H and O–H groups in total. The predicted molar refractivity (Wildman–Crippen MR) is 146 cm³/mol. The Kier molecular flexibility index (Phi) is 7.99. The summed E-state index contributed by atoms with van der Waals surface area (Å²) >= 11 is 0. The molecule has 2 saturated heterocycles. The monoisotopic (exact) mass is 501 g/mol. The molecule has 6 rings (SSSR count). The molecule has 0 spiro atoms. The molecule has 0 bridgehead atoms. The quantitative estimate of drug-likeness (QED) is 0.435. The summed E-state index contributed by atoms with van der Waals surface area (Å²) in [5.74, 6) is 1.13. The molecule has 2 fully saturated rings. The Morgan fingerprint density at radius 3 is 2.57 bits per heavy atom. The lowest BCUT2D eigenvalue weighted by atomic mass is 10.1. The average Bonchev–Trinajstić information content (AvgIpc) is 3.57. The van der Waals surface area contributed by atoms with Crippen LogP contribution in [0.5, 0.6) is 0 Å². The lowest BCUT2D eigenvalue weighted by molar-refractivity contribution is 0.0334. The van der Waals surface area contributed by atoms with E-state index in [2.05, 4.69) is 48.6 Å². The van der Waals surface area contributed by atoms with Crippen LogP contribution < -0.4 is 10.5 Å². The van der Waals surface area contributed by atoms with Gasteiger partial charge in [0.2, 0.25) is 5.56 Å². The number of nitrogens with one attached hydrogen (secondary N) is 1. The maximum Gasteiger partial charge on any atom is 0.248 e. The number of H-pyrrole nitrogens is 1. The van der Waals surface area contributed by atoms with Crippen LogP contribution in [-0.2, 0) is 11.3 Å². The molecule has 3 aromatic heterocycles. The minimum absolute atomic E-state index is 0.0738. The number of ether oxygens (including phenoxy) is 1. The molecule has 194 valence electrons. The van der Waals surface area contributed by atoms with Gasteiger partial charge in [0.15, 0.2) is 0 Å². The van der Waals surface area contributed by atoms with Gasteiger partial charge in [-0.2, -0.15) is 0 Å². The summed E-state index contributed by atoms with van der Waals surface area (Å²) < 4.78 is 7.85. The molecule has 8 nitrogen and oxygen atoms in total. The van der Waals surface area contributed by atoms with Crippen LogP contribution in [0.3, 0.4) is 0 Å². The summed E-state index contributed by atoms with van der Waals surface area (Å²) in [4.78, 5) is 23.4. The van der Waals surface area contributed by atoms with E-state index in [1.807, 2.05) is 31.2 Å². The second kappa shape index (κ2) is 11.7. The number of nitrogens with zero attached hydrogens (tertiary/aromatic N) is 4. The number of morpholine rings is 1. The molecule has 2 aliphatic heterocycles. The van der Waals surface area contributed by atoms with Crippen molar-refractivity contribution in [1.82, 2.24) is 19.4 Å². The molecule has 1 unspecified atom stereocenters. The molecule has 1 aromatic carbocycles. The molecule has 37 heavy (non-hydrogen) atoms. The van der Waals surface area contributed by atoms with E-state index < -0.39 is 0 Å². The maximum atomic E-state index is 11.9. The van der Waals surface area contributed by atoms with Crippen molar-refractivity contribution in [2.75, 3.05) is 44.4 Å². The number of hydrogen-bond donors (Lipinski definition) is 2. The van der Waals surface area contributed by atoms with E-state index >= 15 is 0 Å². The summed E-state index contributed by atoms with van der Waals surface area (Å²) in [5, 5.41) is 11.0. The van der Waals surface area contributed by atoms with Gasteiger partial charge in [0.25, 0.3) is 0 Å². The van der Waals surface area contributed by atoms with Crippen LogP contribution in [0, 0.1) is 6.92 Å². The Balaban J connectivity index is 0.000000412. The Morgan fingerprint density at radius 1 is 1.05 bits per heavy atom. The van der Waals surface area contributed by atoms with E-state index in [0.29, 0.717) is 0 Å². The van der Waals surface area contributed by atoms with Crippen LogP contribution in [0.15, 0.2) is 71.8 Å². The first-order chi connectivity index (χ1) is 18.1. The number of pyridine rings is 2. The Hall–Kier alpha value is -3.46. The third kappa shape index (κ3) is 5.77. The normalized spacial score (nSPS) is 18.1. The SMILES string of the molecule is Cc1cc(=O)[nH]c2ccc(-n3c(CN4CCOCC4)ccc3N3CCCC3CO)cc12.c1ccncc1. The van der Waals surface area contributed by atoms with Gasteiger partial charge in [0.05, 0.1) is 25.9 Å². The van der Waals surface area contributed by atoms with Gasteiger partial charge in [-0.15, -0.1) is 0 Å². The first-order valence-electron chi connectivity index (χ1n) is 13.0. The van der Waals surface area contributed by atoms with Crippen LogP contribution in [0.4, 0.5) is 5.82 Å². The molecule has 1 atom stereocenters. The van der Waals surface area contributed by atoms with Crippen molar-refractivity contribution in [2.45, 2.75) is 32.4 Å². The van der Waals surface area contributed by atoms with Gasteiger partial charge in [-0.3, -0.25) is 19.2 Å². The molecule has 8 heteroatoms. The van der Waals surface area contributed by atoms with Crippen LogP contribution in [-0.4, -0.2) is 70.0 Å². The van der Waals surface area contributed by atoms with Crippen molar-refractivity contribution in [3.8, 4) is 5.69 Å². The molecule has 0 aliphatic carbocycles. The zero-order valence-corrected chi connectivity index (χ0v) is 21.3. The van der Waals surface area contributed by atoms with Crippen molar-refractivity contribution >= 4 is 16.7 Å². The van der Waals surface area contributed by atoms with Gasteiger partial charge in [0, 0.05) is 66.9 Å². The average molecular weight is 502 g/mol. The van der Waals surface area contributed by atoms with E-state index in [1.165, 1.54) is 5.69 Å². The van der Waals surface area contributed by atoms with Gasteiger partial charge in [0.1, 0.15) is 5.82 Å². The summed E-state index contributed by atoms with van der Waals surface area (Å²) in [7, 11) is 0. The van der Waals surface area contributed by atoms with Gasteiger partial charge >= 0.3 is 0 Å². The number of aliphatic hydroxyl groups excluding tert-OH is 1. The lowest BCUT2D eigenvalue weighted by Crippen LogP contribution is -2.36. The van der Waals surface area contributed by atoms with Crippen LogP contribution in [0.25, 0.3) is 16.6 Å². The van der Waals surface area contributed by atoms with E-state index in [0.717, 1.165) is 80.2 Å². The maximum absolute atomic E-state index is 11.9. The van der Waals surface area contributed by atoms with Gasteiger partial charge in [-0.25, -0.2) is 0 Å². The first kappa shape index (κ1) is 25.2. The molecule has 0 amide bonds. The van der Waals surface area contributed by atoms with Crippen LogP contribution in [0.1, 0.15) is 24.1 Å². The number of fused-ring (bicyclic) bond motifs is 1. The van der Waals surface area contributed by atoms with Gasteiger partial charge in [-0.05, 0) is 67.8 Å². The fraction of sp³-hybridized carbons (Fsp3) is 0.379. The third-order valence-corrected chi connectivity index (χ3v) is 7.17. The summed E-state index contributed by atoms with van der Waals surface area (Å²) in [6.07, 6.45) is 5.60. The van der Waals surface area contributed by atoms with Crippen molar-refractivity contribution in [1.29, 1.82) is 0 Å². The molecule has 0 saturated carbocycles. The lowest BCUT2D eigenvalue weighted by Gasteiger charge is -2.30. The number of aromatic nitrogens is 3. The highest BCUT2D eigenvalue weighted by atomic mass is 16.5. The van der Waals surface area contributed by atoms with Crippen molar-refractivity contribution in [3.63, 3.8) is 0 Å². The van der Waals surface area contributed by atoms with Crippen molar-refractivity contribution < 1.29 is 9.84 Å². The van der Waals surface area contributed by atoms with E-state index in [4.69, 9.17) is 4.74 Å². The number of benzene rings is 1. The standard InChI is InChI=1S/C24H30N4O3.C5H5N/c1-17-13-23(30)25-22-6-4-18(14-21(17)22)28-19(15-26-9-11-31-12-10-26)5-7-24(28)27-8-2-3-20(27)16-29;1-2-4-6-5-3-1/h4-7,13-14,20,29H,2-3,8-12,15-16H2,1H3,(H,25,30);1-5H. The number of anilines is 1. The molecule has 5 heterocycles. The molecule has 2 aliphatic rings. The molecule has 4 aromatic rings. The third-order valence-electron chi connectivity index (χ3n) is 7.17. The Bertz CT molecular complexity index is 1330. The number of aliphatic hydroxyl groups is 1. The topological polar surface area (TPSA) is 86.6 Å². The minimum atomic E-state index is -0.0738.